The molecule has 1 N–H and O–H groups in total. The van der Waals surface area contributed by atoms with Crippen LogP contribution in [0.3, 0.4) is 0 Å². The molecule has 5 nitrogen and oxygen atoms in total. The minimum atomic E-state index is -0.229. The van der Waals surface area contributed by atoms with Crippen LogP contribution in [0.4, 0.5) is 17.2 Å². The number of carbonyl (C=O) groups is 1. The van der Waals surface area contributed by atoms with Crippen molar-refractivity contribution in [1.29, 1.82) is 0 Å². The lowest BCUT2D eigenvalue weighted by atomic mass is 10.2. The summed E-state index contributed by atoms with van der Waals surface area (Å²) in [5.41, 5.74) is 2.20. The molecule has 1 aromatic heterocycles. The van der Waals surface area contributed by atoms with Gasteiger partial charge in [-0.1, -0.05) is 30.3 Å². The first-order valence-corrected chi connectivity index (χ1v) is 8.46. The van der Waals surface area contributed by atoms with E-state index in [0.717, 1.165) is 18.1 Å². The summed E-state index contributed by atoms with van der Waals surface area (Å²) in [6.07, 6.45) is 1.66. The highest BCUT2D eigenvalue weighted by molar-refractivity contribution is 6.06. The van der Waals surface area contributed by atoms with Gasteiger partial charge in [0.05, 0.1) is 24.6 Å². The van der Waals surface area contributed by atoms with Crippen LogP contribution in [-0.4, -0.2) is 24.5 Å². The summed E-state index contributed by atoms with van der Waals surface area (Å²) >= 11 is 0. The van der Waals surface area contributed by atoms with Crippen LogP contribution in [-0.2, 0) is 0 Å². The van der Waals surface area contributed by atoms with Crippen molar-refractivity contribution in [2.75, 3.05) is 23.9 Å². The van der Waals surface area contributed by atoms with Gasteiger partial charge in [0.1, 0.15) is 11.6 Å². The fourth-order valence-electron chi connectivity index (χ4n) is 2.74. The molecule has 132 valence electrons. The van der Waals surface area contributed by atoms with E-state index in [-0.39, 0.29) is 5.91 Å². The Morgan fingerprint density at radius 2 is 1.77 bits per heavy atom. The molecule has 2 aromatic carbocycles. The number of rotatable bonds is 6. The van der Waals surface area contributed by atoms with Gasteiger partial charge in [0.2, 0.25) is 0 Å². The number of nitrogens with zero attached hydrogens (tertiary/aromatic N) is 2. The highest BCUT2D eigenvalue weighted by Gasteiger charge is 2.13. The lowest BCUT2D eigenvalue weighted by Gasteiger charge is -2.22. The third kappa shape index (κ3) is 3.83. The molecule has 0 unspecified atom stereocenters. The predicted molar refractivity (Wildman–Crippen MR) is 104 cm³/mol. The minimum absolute atomic E-state index is 0.229. The van der Waals surface area contributed by atoms with E-state index in [0.29, 0.717) is 17.0 Å². The van der Waals surface area contributed by atoms with Crippen molar-refractivity contribution in [2.24, 2.45) is 0 Å². The van der Waals surface area contributed by atoms with Crippen molar-refractivity contribution in [2.45, 2.75) is 6.92 Å². The Kier molecular flexibility index (Phi) is 5.49. The largest absolute Gasteiger partial charge is 0.496 e. The highest BCUT2D eigenvalue weighted by atomic mass is 16.5. The summed E-state index contributed by atoms with van der Waals surface area (Å²) in [5, 5.41) is 2.86. The van der Waals surface area contributed by atoms with Crippen molar-refractivity contribution in [3.8, 4) is 5.75 Å². The van der Waals surface area contributed by atoms with Crippen LogP contribution in [0.15, 0.2) is 72.9 Å². The number of benzene rings is 2. The number of nitrogens with one attached hydrogen (secondary N) is 1. The molecule has 3 aromatic rings. The maximum absolute atomic E-state index is 12.5. The smallest absolute Gasteiger partial charge is 0.259 e. The Labute approximate surface area is 153 Å². The van der Waals surface area contributed by atoms with Crippen LogP contribution in [0, 0.1) is 0 Å². The first kappa shape index (κ1) is 17.5. The highest BCUT2D eigenvalue weighted by Crippen LogP contribution is 2.24. The molecule has 0 bridgehead atoms. The van der Waals surface area contributed by atoms with Crippen LogP contribution >= 0.6 is 0 Å². The number of hydrogen-bond donors (Lipinski definition) is 1. The quantitative estimate of drug-likeness (QED) is 0.713. The van der Waals surface area contributed by atoms with Gasteiger partial charge in [-0.2, -0.15) is 0 Å². The first-order chi connectivity index (χ1) is 12.7. The zero-order valence-corrected chi connectivity index (χ0v) is 14.8. The van der Waals surface area contributed by atoms with E-state index in [2.05, 4.69) is 22.1 Å². The molecular formula is C21H21N3O2. The predicted octanol–water partition coefficient (Wildman–Crippen LogP) is 4.50. The summed E-state index contributed by atoms with van der Waals surface area (Å²) in [5.74, 6) is 1.14. The number of hydrogen-bond acceptors (Lipinski definition) is 4. The molecule has 0 radical (unpaired) electrons. The fraction of sp³-hybridized carbons (Fsp3) is 0.143. The number of pyridine rings is 1. The van der Waals surface area contributed by atoms with Crippen molar-refractivity contribution >= 4 is 23.1 Å². The van der Waals surface area contributed by atoms with Gasteiger partial charge in [0.15, 0.2) is 0 Å². The SMILES string of the molecule is CCN(c1ccccc1)c1ccc(NC(=O)c2ccccc2OC)cn1. The average molecular weight is 347 g/mol. The summed E-state index contributed by atoms with van der Waals surface area (Å²) in [4.78, 5) is 19.1. The van der Waals surface area contributed by atoms with Gasteiger partial charge in [0.25, 0.3) is 5.91 Å². The Morgan fingerprint density at radius 3 is 2.42 bits per heavy atom. The normalized spacial score (nSPS) is 10.2. The summed E-state index contributed by atoms with van der Waals surface area (Å²) in [7, 11) is 1.55. The van der Waals surface area contributed by atoms with E-state index in [1.54, 1.807) is 31.5 Å². The number of carbonyl (C=O) groups excluding carboxylic acids is 1. The summed E-state index contributed by atoms with van der Waals surface area (Å²) in [6.45, 7) is 2.87. The van der Waals surface area contributed by atoms with E-state index in [1.165, 1.54) is 0 Å². The van der Waals surface area contributed by atoms with Gasteiger partial charge in [-0.25, -0.2) is 4.98 Å². The van der Waals surface area contributed by atoms with Crippen LogP contribution in [0.1, 0.15) is 17.3 Å². The van der Waals surface area contributed by atoms with Crippen molar-refractivity contribution in [3.05, 3.63) is 78.5 Å². The van der Waals surface area contributed by atoms with Gasteiger partial charge in [-0.05, 0) is 43.3 Å². The van der Waals surface area contributed by atoms with Crippen molar-refractivity contribution in [3.63, 3.8) is 0 Å². The number of para-hydroxylation sites is 2. The van der Waals surface area contributed by atoms with Gasteiger partial charge < -0.3 is 15.0 Å². The number of methoxy groups -OCH3 is 1. The third-order valence-corrected chi connectivity index (χ3v) is 4.02. The van der Waals surface area contributed by atoms with E-state index in [4.69, 9.17) is 4.74 Å². The monoisotopic (exact) mass is 347 g/mol. The molecular weight excluding hydrogens is 326 g/mol. The lowest BCUT2D eigenvalue weighted by molar-refractivity contribution is 0.102. The lowest BCUT2D eigenvalue weighted by Crippen LogP contribution is -2.17. The van der Waals surface area contributed by atoms with E-state index in [9.17, 15) is 4.79 Å². The van der Waals surface area contributed by atoms with E-state index in [1.807, 2.05) is 48.5 Å². The topological polar surface area (TPSA) is 54.5 Å². The van der Waals surface area contributed by atoms with Crippen LogP contribution in [0.5, 0.6) is 5.75 Å². The molecule has 0 saturated carbocycles. The van der Waals surface area contributed by atoms with Gasteiger partial charge in [0, 0.05) is 12.2 Å². The maximum atomic E-state index is 12.5. The molecule has 3 rings (SSSR count). The number of aromatic nitrogens is 1. The van der Waals surface area contributed by atoms with Crippen molar-refractivity contribution < 1.29 is 9.53 Å². The Hall–Kier alpha value is -3.34. The molecule has 1 heterocycles. The number of amides is 1. The number of anilines is 3. The zero-order chi connectivity index (χ0) is 18.4. The fourth-order valence-corrected chi connectivity index (χ4v) is 2.74. The van der Waals surface area contributed by atoms with E-state index >= 15 is 0 Å². The molecule has 0 atom stereocenters. The minimum Gasteiger partial charge on any atom is -0.496 e. The van der Waals surface area contributed by atoms with Gasteiger partial charge in [-0.15, -0.1) is 0 Å². The molecule has 0 spiro atoms. The second-order valence-corrected chi connectivity index (χ2v) is 5.64. The third-order valence-electron chi connectivity index (χ3n) is 4.02. The molecule has 0 aliphatic heterocycles. The van der Waals surface area contributed by atoms with E-state index < -0.39 is 0 Å². The average Bonchev–Trinajstić information content (AvgIpc) is 2.70. The van der Waals surface area contributed by atoms with Crippen molar-refractivity contribution in [1.82, 2.24) is 4.98 Å². The molecule has 1 amide bonds. The maximum Gasteiger partial charge on any atom is 0.259 e. The molecule has 0 aliphatic carbocycles. The molecule has 0 saturated heterocycles. The Morgan fingerprint density at radius 1 is 1.04 bits per heavy atom. The van der Waals surface area contributed by atoms with Gasteiger partial charge in [-0.3, -0.25) is 4.79 Å². The Balaban J connectivity index is 1.76. The van der Waals surface area contributed by atoms with Gasteiger partial charge >= 0.3 is 0 Å². The first-order valence-electron chi connectivity index (χ1n) is 8.46. The molecule has 5 heteroatoms. The second-order valence-electron chi connectivity index (χ2n) is 5.64. The Bertz CT molecular complexity index is 864. The molecule has 0 fully saturated rings. The summed E-state index contributed by atoms with van der Waals surface area (Å²) < 4.78 is 5.24. The molecule has 26 heavy (non-hydrogen) atoms. The summed E-state index contributed by atoms with van der Waals surface area (Å²) in [6, 6.07) is 20.9. The second kappa shape index (κ2) is 8.16. The van der Waals surface area contributed by atoms with Crippen LogP contribution in [0.25, 0.3) is 0 Å². The van der Waals surface area contributed by atoms with Crippen LogP contribution < -0.4 is 15.0 Å². The zero-order valence-electron chi connectivity index (χ0n) is 14.8. The standard InChI is InChI=1S/C21H21N3O2/c1-3-24(17-9-5-4-6-10-17)20-14-13-16(15-22-20)23-21(25)18-11-7-8-12-19(18)26-2/h4-15H,3H2,1-2H3,(H,23,25). The molecule has 0 aliphatic rings. The number of ether oxygens (including phenoxy) is 1. The van der Waals surface area contributed by atoms with Crippen LogP contribution in [0.2, 0.25) is 0 Å².